The molecule has 3 amide bonds. The van der Waals surface area contributed by atoms with Gasteiger partial charge in [-0.2, -0.15) is 0 Å². The highest BCUT2D eigenvalue weighted by Crippen LogP contribution is 2.66. The summed E-state index contributed by atoms with van der Waals surface area (Å²) in [5.41, 5.74) is -1.07. The van der Waals surface area contributed by atoms with E-state index in [0.29, 0.717) is 26.1 Å². The van der Waals surface area contributed by atoms with Crippen LogP contribution in [0.2, 0.25) is 0 Å². The number of aliphatic hydroxyl groups excluding tert-OH is 1. The van der Waals surface area contributed by atoms with Crippen molar-refractivity contribution >= 4 is 17.7 Å². The molecule has 228 valence electrons. The van der Waals surface area contributed by atoms with Crippen LogP contribution in [0.5, 0.6) is 0 Å². The zero-order valence-electron chi connectivity index (χ0n) is 25.4. The third-order valence-electron chi connectivity index (χ3n) is 10.5. The summed E-state index contributed by atoms with van der Waals surface area (Å²) < 4.78 is 6.95. The Balaban J connectivity index is 1.57. The van der Waals surface area contributed by atoms with Crippen molar-refractivity contribution in [1.82, 2.24) is 14.7 Å². The highest BCUT2D eigenvalue weighted by molar-refractivity contribution is 5.99. The molecule has 7 atom stereocenters. The molecular formula is C34H47N3O5. The van der Waals surface area contributed by atoms with Gasteiger partial charge in [0.1, 0.15) is 11.6 Å². The van der Waals surface area contributed by atoms with Crippen molar-refractivity contribution in [3.63, 3.8) is 0 Å². The summed E-state index contributed by atoms with van der Waals surface area (Å²) in [5.74, 6) is -2.22. The molecule has 3 aliphatic heterocycles. The third kappa shape index (κ3) is 4.80. The summed E-state index contributed by atoms with van der Waals surface area (Å²) in [6, 6.07) is 8.33. The molecule has 3 unspecified atom stereocenters. The van der Waals surface area contributed by atoms with Gasteiger partial charge in [-0.25, -0.2) is 0 Å². The molecule has 8 heteroatoms. The molecule has 5 rings (SSSR count). The summed E-state index contributed by atoms with van der Waals surface area (Å²) in [6.07, 6.45) is 9.05. The van der Waals surface area contributed by atoms with Crippen LogP contribution < -0.4 is 0 Å². The van der Waals surface area contributed by atoms with Gasteiger partial charge in [-0.15, -0.1) is 13.2 Å². The van der Waals surface area contributed by atoms with Crippen LogP contribution in [0.25, 0.3) is 0 Å². The van der Waals surface area contributed by atoms with Crippen molar-refractivity contribution in [3.8, 4) is 0 Å². The summed E-state index contributed by atoms with van der Waals surface area (Å²) in [5, 5.41) is 10.3. The predicted molar refractivity (Wildman–Crippen MR) is 161 cm³/mol. The van der Waals surface area contributed by atoms with Crippen LogP contribution in [0.3, 0.4) is 0 Å². The minimum Gasteiger partial charge on any atom is -0.394 e. The van der Waals surface area contributed by atoms with Gasteiger partial charge in [0, 0.05) is 25.7 Å². The van der Waals surface area contributed by atoms with Gasteiger partial charge in [0.25, 0.3) is 0 Å². The average molecular weight is 578 g/mol. The molecule has 2 bridgehead atoms. The second kappa shape index (κ2) is 12.0. The van der Waals surface area contributed by atoms with Gasteiger partial charge in [0.05, 0.1) is 30.1 Å². The van der Waals surface area contributed by atoms with Gasteiger partial charge < -0.3 is 24.5 Å². The quantitative estimate of drug-likeness (QED) is 0.403. The van der Waals surface area contributed by atoms with E-state index < -0.39 is 35.1 Å². The molecule has 1 aliphatic carbocycles. The molecule has 1 saturated carbocycles. The second-order valence-electron chi connectivity index (χ2n) is 13.0. The molecule has 1 spiro atoms. The average Bonchev–Trinajstić information content (AvgIpc) is 3.52. The molecule has 1 aromatic carbocycles. The molecule has 8 nitrogen and oxygen atoms in total. The maximum absolute atomic E-state index is 14.7. The third-order valence-corrected chi connectivity index (χ3v) is 10.5. The fourth-order valence-electron chi connectivity index (χ4n) is 8.39. The number of carbonyl (C=O) groups excluding carboxylic acids is 3. The topological polar surface area (TPSA) is 90.4 Å². The molecule has 0 radical (unpaired) electrons. The lowest BCUT2D eigenvalue weighted by atomic mass is 9.62. The van der Waals surface area contributed by atoms with Gasteiger partial charge in [0.2, 0.25) is 17.7 Å². The van der Waals surface area contributed by atoms with Gasteiger partial charge in [0.15, 0.2) is 0 Å². The highest BCUT2D eigenvalue weighted by Gasteiger charge is 2.80. The molecule has 3 saturated heterocycles. The Morgan fingerprint density at radius 3 is 2.40 bits per heavy atom. The van der Waals surface area contributed by atoms with Crippen LogP contribution in [0.4, 0.5) is 0 Å². The van der Waals surface area contributed by atoms with Gasteiger partial charge >= 0.3 is 0 Å². The van der Waals surface area contributed by atoms with E-state index in [1.165, 1.54) is 0 Å². The van der Waals surface area contributed by atoms with E-state index in [1.807, 2.05) is 42.2 Å². The van der Waals surface area contributed by atoms with E-state index in [4.69, 9.17) is 4.74 Å². The van der Waals surface area contributed by atoms with Gasteiger partial charge in [-0.3, -0.25) is 14.4 Å². The summed E-state index contributed by atoms with van der Waals surface area (Å²) in [7, 11) is 0. The lowest BCUT2D eigenvalue weighted by Gasteiger charge is -2.42. The van der Waals surface area contributed by atoms with Crippen molar-refractivity contribution in [1.29, 1.82) is 0 Å². The fourth-order valence-corrected chi connectivity index (χ4v) is 8.39. The predicted octanol–water partition coefficient (Wildman–Crippen LogP) is 3.94. The Kier molecular flexibility index (Phi) is 8.68. The van der Waals surface area contributed by atoms with Crippen LogP contribution in [0.15, 0.2) is 55.6 Å². The van der Waals surface area contributed by atoms with E-state index >= 15 is 0 Å². The fraction of sp³-hybridized carbons (Fsp3) is 0.618. The maximum atomic E-state index is 14.7. The number of nitrogens with zero attached hydrogens (tertiary/aromatic N) is 3. The second-order valence-corrected chi connectivity index (χ2v) is 13.0. The standard InChI is InChI=1S/C34H47N3O5/c1-6-18-35(21-25-14-10-8-11-15-25)30(39)27-28-31(40)37(24(4)22-38)29(34(28)20-23(3)33(27,5)42-34)32(41)36(19-7-2)26-16-12-9-13-17-26/h6-8,10-11,14-15,23-24,26-29,38H,1-2,9,12-13,16-22H2,3-5H3/t23?,24-,27-,28+,29?,33+,34?/m1/s1. The maximum Gasteiger partial charge on any atom is 0.248 e. The molecule has 42 heavy (non-hydrogen) atoms. The zero-order chi connectivity index (χ0) is 30.2. The first kappa shape index (κ1) is 30.5. The van der Waals surface area contributed by atoms with Crippen molar-refractivity contribution in [2.24, 2.45) is 17.8 Å². The zero-order valence-corrected chi connectivity index (χ0v) is 25.4. The Labute approximate surface area is 250 Å². The number of rotatable bonds is 11. The van der Waals surface area contributed by atoms with Crippen molar-refractivity contribution in [2.45, 2.75) is 95.2 Å². The first-order valence-corrected chi connectivity index (χ1v) is 15.6. The van der Waals surface area contributed by atoms with Gasteiger partial charge in [-0.1, -0.05) is 68.7 Å². The number of hydrogen-bond donors (Lipinski definition) is 1. The largest absolute Gasteiger partial charge is 0.394 e. The first-order chi connectivity index (χ1) is 20.1. The van der Waals surface area contributed by atoms with Crippen LogP contribution >= 0.6 is 0 Å². The number of benzene rings is 1. The molecule has 4 aliphatic rings. The normalized spacial score (nSPS) is 32.9. The SMILES string of the molecule is C=CCN(Cc1ccccc1)C(=O)[C@H]1[C@H]2C(=O)N([C@H](C)CO)C(C(=O)N(CC=C)C3CCCCC3)C23CC(C)[C@]1(C)O3. The van der Waals surface area contributed by atoms with Gasteiger partial charge in [-0.05, 0) is 44.6 Å². The van der Waals surface area contributed by atoms with Crippen LogP contribution in [-0.2, 0) is 25.7 Å². The number of fused-ring (bicyclic) bond motifs is 1. The van der Waals surface area contributed by atoms with E-state index in [-0.39, 0.29) is 36.3 Å². The van der Waals surface area contributed by atoms with E-state index in [2.05, 4.69) is 20.1 Å². The Hall–Kier alpha value is -2.97. The van der Waals surface area contributed by atoms with Crippen LogP contribution in [0.1, 0.15) is 64.9 Å². The molecule has 4 fully saturated rings. The van der Waals surface area contributed by atoms with E-state index in [1.54, 1.807) is 28.9 Å². The van der Waals surface area contributed by atoms with E-state index in [0.717, 1.165) is 37.7 Å². The van der Waals surface area contributed by atoms with Crippen molar-refractivity contribution in [3.05, 3.63) is 61.2 Å². The Morgan fingerprint density at radius 1 is 1.12 bits per heavy atom. The smallest absolute Gasteiger partial charge is 0.248 e. The molecular weight excluding hydrogens is 530 g/mol. The number of hydrogen-bond acceptors (Lipinski definition) is 5. The number of ether oxygens (including phenoxy) is 1. The molecule has 1 aromatic rings. The lowest BCUT2D eigenvalue weighted by molar-refractivity contribution is -0.158. The number of amides is 3. The minimum atomic E-state index is -1.15. The monoisotopic (exact) mass is 577 g/mol. The highest BCUT2D eigenvalue weighted by atomic mass is 16.5. The first-order valence-electron chi connectivity index (χ1n) is 15.6. The number of likely N-dealkylation sites (tertiary alicyclic amines) is 1. The summed E-state index contributed by atoms with van der Waals surface area (Å²) >= 11 is 0. The van der Waals surface area contributed by atoms with Crippen LogP contribution in [-0.4, -0.2) is 86.6 Å². The Bertz CT molecular complexity index is 1200. The summed E-state index contributed by atoms with van der Waals surface area (Å²) in [4.78, 5) is 48.9. The number of carbonyl (C=O) groups is 3. The molecule has 1 N–H and O–H groups in total. The molecule has 3 heterocycles. The van der Waals surface area contributed by atoms with Crippen LogP contribution in [0, 0.1) is 17.8 Å². The van der Waals surface area contributed by atoms with E-state index in [9.17, 15) is 19.5 Å². The van der Waals surface area contributed by atoms with Crippen molar-refractivity contribution < 1.29 is 24.2 Å². The minimum absolute atomic E-state index is 0.0555. The summed E-state index contributed by atoms with van der Waals surface area (Å²) in [6.45, 7) is 14.4. The molecule has 0 aromatic heterocycles. The lowest BCUT2D eigenvalue weighted by Crippen LogP contribution is -2.60. The van der Waals surface area contributed by atoms with Crippen molar-refractivity contribution in [2.75, 3.05) is 19.7 Å². The number of aliphatic hydroxyl groups is 1. The Morgan fingerprint density at radius 2 is 1.79 bits per heavy atom.